The highest BCUT2D eigenvalue weighted by Gasteiger charge is 2.37. The van der Waals surface area contributed by atoms with Gasteiger partial charge in [0.15, 0.2) is 6.04 Å². The number of benzene rings is 1. The first kappa shape index (κ1) is 19.8. The van der Waals surface area contributed by atoms with Gasteiger partial charge in [-0.15, -0.1) is 5.10 Å². The fourth-order valence-electron chi connectivity index (χ4n) is 4.24. The smallest absolute Gasteiger partial charge is 0.210 e. The summed E-state index contributed by atoms with van der Waals surface area (Å²) in [5.41, 5.74) is 4.05. The molecule has 1 fully saturated rings. The molecule has 6 nitrogen and oxygen atoms in total. The third kappa shape index (κ3) is 4.00. The molecule has 2 aromatic rings. The molecule has 0 unspecified atom stereocenters. The minimum atomic E-state index is -0.105. The summed E-state index contributed by atoms with van der Waals surface area (Å²) in [7, 11) is 0. The maximum absolute atomic E-state index is 4.45. The molecule has 0 bridgehead atoms. The minimum Gasteiger partial charge on any atom is -0.360 e. The lowest BCUT2D eigenvalue weighted by molar-refractivity contribution is -0.937. The Labute approximate surface area is 163 Å². The van der Waals surface area contributed by atoms with Crippen molar-refractivity contribution in [3.05, 3.63) is 35.2 Å². The van der Waals surface area contributed by atoms with Gasteiger partial charge < -0.3 is 9.80 Å². The highest BCUT2D eigenvalue weighted by atomic mass is 15.6. The van der Waals surface area contributed by atoms with Crippen LogP contribution in [0.4, 0.5) is 5.69 Å². The van der Waals surface area contributed by atoms with Gasteiger partial charge in [-0.2, -0.15) is 0 Å². The molecule has 27 heavy (non-hydrogen) atoms. The second-order valence-electron chi connectivity index (χ2n) is 9.21. The molecule has 1 aromatic heterocycles. The van der Waals surface area contributed by atoms with Gasteiger partial charge in [0, 0.05) is 11.6 Å². The summed E-state index contributed by atoms with van der Waals surface area (Å²) >= 11 is 0. The lowest BCUT2D eigenvalue weighted by atomic mass is 9.99. The van der Waals surface area contributed by atoms with Crippen molar-refractivity contribution in [3.63, 3.8) is 0 Å². The standard InChI is InChI=1S/C21H34N6/c1-15(2)19(20-22-23-24-27(20)21(5,6)7)26-13-11-25(12-14-26)18-10-8-9-16(3)17(18)4/h8-10,15,19H,11-14H2,1-7H3/p+1/t19-/m1/s1. The Hall–Kier alpha value is -1.95. The van der Waals surface area contributed by atoms with Crippen molar-refractivity contribution in [1.82, 2.24) is 20.2 Å². The average Bonchev–Trinajstić information content (AvgIpc) is 3.07. The molecule has 2 heterocycles. The summed E-state index contributed by atoms with van der Waals surface area (Å²) in [6.45, 7) is 19.8. The summed E-state index contributed by atoms with van der Waals surface area (Å²) in [5.74, 6) is 1.51. The van der Waals surface area contributed by atoms with E-state index in [0.717, 1.165) is 32.0 Å². The van der Waals surface area contributed by atoms with Crippen LogP contribution < -0.4 is 9.80 Å². The van der Waals surface area contributed by atoms with E-state index in [1.807, 2.05) is 4.68 Å². The normalized spacial score (nSPS) is 17.6. The van der Waals surface area contributed by atoms with E-state index in [9.17, 15) is 0 Å². The van der Waals surface area contributed by atoms with Crippen LogP contribution in [0.5, 0.6) is 0 Å². The van der Waals surface area contributed by atoms with Crippen molar-refractivity contribution in [3.8, 4) is 0 Å². The monoisotopic (exact) mass is 371 g/mol. The largest absolute Gasteiger partial charge is 0.360 e. The molecule has 6 heteroatoms. The second kappa shape index (κ2) is 7.58. The predicted octanol–water partition coefficient (Wildman–Crippen LogP) is 2.15. The van der Waals surface area contributed by atoms with Crippen LogP contribution in [0.1, 0.15) is 57.6 Å². The van der Waals surface area contributed by atoms with Crippen LogP contribution in [0, 0.1) is 19.8 Å². The Bertz CT molecular complexity index is 765. The van der Waals surface area contributed by atoms with Crippen LogP contribution in [-0.2, 0) is 5.54 Å². The van der Waals surface area contributed by atoms with E-state index in [0.29, 0.717) is 12.0 Å². The number of nitrogens with one attached hydrogen (secondary N) is 1. The van der Waals surface area contributed by atoms with Crippen molar-refractivity contribution in [2.75, 3.05) is 31.1 Å². The van der Waals surface area contributed by atoms with Crippen LogP contribution in [0.3, 0.4) is 0 Å². The van der Waals surface area contributed by atoms with Gasteiger partial charge in [0.1, 0.15) is 0 Å². The maximum atomic E-state index is 4.45. The molecule has 148 valence electrons. The maximum Gasteiger partial charge on any atom is 0.210 e. The van der Waals surface area contributed by atoms with E-state index in [2.05, 4.69) is 87.1 Å². The van der Waals surface area contributed by atoms with E-state index >= 15 is 0 Å². The molecule has 1 aromatic carbocycles. The van der Waals surface area contributed by atoms with E-state index in [1.165, 1.54) is 16.8 Å². The molecule has 0 saturated carbocycles. The average molecular weight is 372 g/mol. The molecule has 0 amide bonds. The predicted molar refractivity (Wildman–Crippen MR) is 109 cm³/mol. The molecular formula is C21H35N6+. The van der Waals surface area contributed by atoms with Gasteiger partial charge in [-0.3, -0.25) is 0 Å². The fraction of sp³-hybridized carbons (Fsp3) is 0.667. The Morgan fingerprint density at radius 1 is 1.07 bits per heavy atom. The lowest BCUT2D eigenvalue weighted by Gasteiger charge is -2.39. The number of aromatic nitrogens is 4. The van der Waals surface area contributed by atoms with Gasteiger partial charge in [-0.05, 0) is 62.2 Å². The lowest BCUT2D eigenvalue weighted by Crippen LogP contribution is -3.15. The summed E-state index contributed by atoms with van der Waals surface area (Å²) in [5, 5.41) is 12.8. The highest BCUT2D eigenvalue weighted by Crippen LogP contribution is 2.24. The van der Waals surface area contributed by atoms with Crippen molar-refractivity contribution in [2.45, 2.75) is 60.0 Å². The third-order valence-corrected chi connectivity index (χ3v) is 5.84. The molecule has 1 saturated heterocycles. The van der Waals surface area contributed by atoms with Gasteiger partial charge >= 0.3 is 0 Å². The third-order valence-electron chi connectivity index (χ3n) is 5.84. The first-order valence-electron chi connectivity index (χ1n) is 10.1. The van der Waals surface area contributed by atoms with Gasteiger partial charge in [0.05, 0.1) is 31.7 Å². The number of aryl methyl sites for hydroxylation is 1. The van der Waals surface area contributed by atoms with E-state index in [4.69, 9.17) is 0 Å². The first-order chi connectivity index (χ1) is 12.7. The first-order valence-corrected chi connectivity index (χ1v) is 10.1. The molecule has 0 aliphatic carbocycles. The number of anilines is 1. The molecule has 3 rings (SSSR count). The Kier molecular flexibility index (Phi) is 5.56. The van der Waals surface area contributed by atoms with Crippen LogP contribution in [-0.4, -0.2) is 46.4 Å². The molecular weight excluding hydrogens is 336 g/mol. The van der Waals surface area contributed by atoms with Crippen LogP contribution in [0.15, 0.2) is 18.2 Å². The van der Waals surface area contributed by atoms with Crippen LogP contribution in [0.25, 0.3) is 0 Å². The summed E-state index contributed by atoms with van der Waals surface area (Å²) in [4.78, 5) is 4.13. The topological polar surface area (TPSA) is 51.3 Å². The van der Waals surface area contributed by atoms with E-state index in [-0.39, 0.29) is 5.54 Å². The van der Waals surface area contributed by atoms with Gasteiger partial charge in [0.25, 0.3) is 0 Å². The van der Waals surface area contributed by atoms with Crippen LogP contribution in [0.2, 0.25) is 0 Å². The van der Waals surface area contributed by atoms with Gasteiger partial charge in [0.2, 0.25) is 5.82 Å². The number of nitrogens with zero attached hydrogens (tertiary/aromatic N) is 5. The van der Waals surface area contributed by atoms with Crippen molar-refractivity contribution in [2.24, 2.45) is 5.92 Å². The molecule has 1 aliphatic rings. The zero-order valence-corrected chi connectivity index (χ0v) is 18.0. The molecule has 0 radical (unpaired) electrons. The molecule has 1 aliphatic heterocycles. The Morgan fingerprint density at radius 2 is 1.74 bits per heavy atom. The Balaban J connectivity index is 1.79. The molecule has 0 spiro atoms. The number of quaternary nitrogens is 1. The number of piperazine rings is 1. The second-order valence-corrected chi connectivity index (χ2v) is 9.21. The van der Waals surface area contributed by atoms with Gasteiger partial charge in [-0.25, -0.2) is 4.68 Å². The molecule has 1 atom stereocenters. The minimum absolute atomic E-state index is 0.105. The number of hydrogen-bond donors (Lipinski definition) is 1. The van der Waals surface area contributed by atoms with Crippen LogP contribution >= 0.6 is 0 Å². The Morgan fingerprint density at radius 3 is 2.33 bits per heavy atom. The van der Waals surface area contributed by atoms with Crippen molar-refractivity contribution >= 4 is 5.69 Å². The van der Waals surface area contributed by atoms with Crippen molar-refractivity contribution < 1.29 is 4.90 Å². The zero-order valence-electron chi connectivity index (χ0n) is 18.0. The SMILES string of the molecule is Cc1cccc(N2CC[NH+]([C@@H](c3nnnn3C(C)(C)C)C(C)C)CC2)c1C. The quantitative estimate of drug-likeness (QED) is 0.895. The summed E-state index contributed by atoms with van der Waals surface area (Å²) in [6.07, 6.45) is 0. The number of tetrazole rings is 1. The fourth-order valence-corrected chi connectivity index (χ4v) is 4.24. The van der Waals surface area contributed by atoms with Gasteiger partial charge in [-0.1, -0.05) is 26.0 Å². The summed E-state index contributed by atoms with van der Waals surface area (Å²) < 4.78 is 2.02. The highest BCUT2D eigenvalue weighted by molar-refractivity contribution is 5.56. The number of hydrogen-bond acceptors (Lipinski definition) is 4. The zero-order chi connectivity index (χ0) is 19.8. The van der Waals surface area contributed by atoms with Crippen molar-refractivity contribution in [1.29, 1.82) is 0 Å². The summed E-state index contributed by atoms with van der Waals surface area (Å²) in [6, 6.07) is 6.94. The van der Waals surface area contributed by atoms with E-state index in [1.54, 1.807) is 4.90 Å². The molecule has 1 N–H and O–H groups in total. The van der Waals surface area contributed by atoms with E-state index < -0.39 is 0 Å². The number of rotatable bonds is 4.